The quantitative estimate of drug-likeness (QED) is 0.354. The molecule has 168 valence electrons. The molecule has 0 fully saturated rings. The third kappa shape index (κ3) is 4.66. The topological polar surface area (TPSA) is 73.0 Å². The minimum atomic E-state index is -0.333. The maximum Gasteiger partial charge on any atom is 0.291 e. The molecule has 2 aromatic heterocycles. The van der Waals surface area contributed by atoms with E-state index in [0.29, 0.717) is 12.2 Å². The molecule has 0 spiro atoms. The molecule has 0 aliphatic rings. The van der Waals surface area contributed by atoms with Gasteiger partial charge in [-0.15, -0.1) is 5.10 Å². The van der Waals surface area contributed by atoms with Crippen LogP contribution >= 0.6 is 0 Å². The van der Waals surface area contributed by atoms with Crippen molar-refractivity contribution in [2.75, 3.05) is 0 Å². The fraction of sp³-hybridized carbons (Fsp3) is 0.107. The third-order valence-corrected chi connectivity index (χ3v) is 5.66. The molecular weight excluding hydrogens is 424 g/mol. The van der Waals surface area contributed by atoms with E-state index in [1.807, 2.05) is 79.7 Å². The van der Waals surface area contributed by atoms with E-state index >= 15 is 0 Å². The molecule has 34 heavy (non-hydrogen) atoms. The first kappa shape index (κ1) is 21.4. The lowest BCUT2D eigenvalue weighted by atomic mass is 9.99. The Bertz CT molecular complexity index is 1360. The number of furan rings is 1. The first-order valence-electron chi connectivity index (χ1n) is 11.1. The van der Waals surface area contributed by atoms with Crippen molar-refractivity contribution < 1.29 is 9.21 Å². The predicted molar refractivity (Wildman–Crippen MR) is 131 cm³/mol. The monoisotopic (exact) mass is 448 g/mol. The molecular formula is C28H24N4O2. The second-order valence-corrected chi connectivity index (χ2v) is 8.14. The van der Waals surface area contributed by atoms with E-state index in [-0.39, 0.29) is 17.8 Å². The molecule has 6 nitrogen and oxygen atoms in total. The summed E-state index contributed by atoms with van der Waals surface area (Å²) >= 11 is 0. The van der Waals surface area contributed by atoms with Crippen molar-refractivity contribution in [3.05, 3.63) is 126 Å². The van der Waals surface area contributed by atoms with Crippen LogP contribution in [0.2, 0.25) is 0 Å². The van der Waals surface area contributed by atoms with E-state index in [2.05, 4.69) is 27.5 Å². The number of benzene rings is 3. The van der Waals surface area contributed by atoms with Gasteiger partial charge in [0.15, 0.2) is 5.82 Å². The van der Waals surface area contributed by atoms with Gasteiger partial charge >= 0.3 is 0 Å². The number of nitrogens with zero attached hydrogens (tertiary/aromatic N) is 3. The molecule has 0 saturated carbocycles. The molecule has 6 heteroatoms. The Morgan fingerprint density at radius 2 is 1.65 bits per heavy atom. The molecule has 1 N–H and O–H groups in total. The Balaban J connectivity index is 1.48. The Morgan fingerprint density at radius 1 is 0.941 bits per heavy atom. The normalized spacial score (nSPS) is 11.8. The molecule has 0 bridgehead atoms. The highest BCUT2D eigenvalue weighted by molar-refractivity contribution is 5.91. The zero-order valence-corrected chi connectivity index (χ0v) is 18.8. The summed E-state index contributed by atoms with van der Waals surface area (Å²) in [6.45, 7) is 2.03. The van der Waals surface area contributed by atoms with E-state index in [1.54, 1.807) is 23.3 Å². The first-order chi connectivity index (χ1) is 16.7. The molecule has 1 atom stereocenters. The predicted octanol–water partition coefficient (Wildman–Crippen LogP) is 5.55. The van der Waals surface area contributed by atoms with Crippen LogP contribution in [0.5, 0.6) is 0 Å². The molecule has 0 aliphatic heterocycles. The summed E-state index contributed by atoms with van der Waals surface area (Å²) in [4.78, 5) is 18.0. The zero-order chi connectivity index (χ0) is 23.3. The van der Waals surface area contributed by atoms with Crippen molar-refractivity contribution in [1.82, 2.24) is 20.1 Å². The van der Waals surface area contributed by atoms with Gasteiger partial charge in [0.2, 0.25) is 5.82 Å². The Kier molecular flexibility index (Phi) is 6.03. The highest BCUT2D eigenvalue weighted by Crippen LogP contribution is 2.23. The highest BCUT2D eigenvalue weighted by atomic mass is 16.3. The summed E-state index contributed by atoms with van der Waals surface area (Å²) in [7, 11) is 0. The van der Waals surface area contributed by atoms with Gasteiger partial charge in [-0.2, -0.15) is 0 Å². The number of nitrogens with one attached hydrogen (secondary N) is 1. The molecule has 5 rings (SSSR count). The molecule has 5 aromatic rings. The fourth-order valence-electron chi connectivity index (χ4n) is 3.86. The minimum absolute atomic E-state index is 0.103. The molecule has 1 amide bonds. The van der Waals surface area contributed by atoms with Crippen LogP contribution in [0.3, 0.4) is 0 Å². The second kappa shape index (κ2) is 9.58. The summed E-state index contributed by atoms with van der Waals surface area (Å²) in [5, 5.41) is 7.72. The number of hydrogen-bond donors (Lipinski definition) is 1. The van der Waals surface area contributed by atoms with Gasteiger partial charge in [-0.05, 0) is 42.7 Å². The van der Waals surface area contributed by atoms with Crippen LogP contribution in [0.25, 0.3) is 17.1 Å². The maximum absolute atomic E-state index is 13.4. The summed E-state index contributed by atoms with van der Waals surface area (Å²) in [5.41, 5.74) is 4.85. The second-order valence-electron chi connectivity index (χ2n) is 8.14. The standard InChI is InChI=1S/C28H24N4O2/c1-20-12-14-24(15-13-20)32-27(23-16-17-34-19-23)30-26(31-32)28(33)29-25(22-10-6-3-7-11-22)18-21-8-4-2-5-9-21/h2-17,19,25H,18H2,1H3,(H,29,33)/t25-/m0/s1. The van der Waals surface area contributed by atoms with Crippen LogP contribution in [-0.4, -0.2) is 20.7 Å². The summed E-state index contributed by atoms with van der Waals surface area (Å²) in [6, 6.07) is 29.5. The number of aryl methyl sites for hydroxylation is 1. The maximum atomic E-state index is 13.4. The van der Waals surface area contributed by atoms with E-state index in [9.17, 15) is 4.79 Å². The van der Waals surface area contributed by atoms with Crippen molar-refractivity contribution in [2.24, 2.45) is 0 Å². The Labute approximate surface area is 197 Å². The number of carbonyl (C=O) groups is 1. The zero-order valence-electron chi connectivity index (χ0n) is 18.8. The van der Waals surface area contributed by atoms with Gasteiger partial charge in [-0.1, -0.05) is 78.4 Å². The van der Waals surface area contributed by atoms with Crippen LogP contribution < -0.4 is 5.32 Å². The molecule has 0 saturated heterocycles. The highest BCUT2D eigenvalue weighted by Gasteiger charge is 2.23. The van der Waals surface area contributed by atoms with E-state index in [0.717, 1.165) is 27.9 Å². The van der Waals surface area contributed by atoms with Crippen LogP contribution in [0.4, 0.5) is 0 Å². The lowest BCUT2D eigenvalue weighted by Gasteiger charge is -2.18. The van der Waals surface area contributed by atoms with Crippen molar-refractivity contribution in [1.29, 1.82) is 0 Å². The van der Waals surface area contributed by atoms with Crippen LogP contribution in [0.15, 0.2) is 108 Å². The fourth-order valence-corrected chi connectivity index (χ4v) is 3.86. The number of carbonyl (C=O) groups excluding carboxylic acids is 1. The van der Waals surface area contributed by atoms with Crippen LogP contribution in [-0.2, 0) is 6.42 Å². The minimum Gasteiger partial charge on any atom is -0.472 e. The first-order valence-corrected chi connectivity index (χ1v) is 11.1. The average molecular weight is 449 g/mol. The van der Waals surface area contributed by atoms with E-state index in [1.165, 1.54) is 0 Å². The molecule has 0 aliphatic carbocycles. The van der Waals surface area contributed by atoms with Crippen molar-refractivity contribution in [3.8, 4) is 17.1 Å². The lowest BCUT2D eigenvalue weighted by Crippen LogP contribution is -2.31. The van der Waals surface area contributed by atoms with Gasteiger partial charge in [0, 0.05) is 0 Å². The van der Waals surface area contributed by atoms with Crippen molar-refractivity contribution in [2.45, 2.75) is 19.4 Å². The Hall–Kier alpha value is -4.45. The lowest BCUT2D eigenvalue weighted by molar-refractivity contribution is 0.0926. The van der Waals surface area contributed by atoms with E-state index < -0.39 is 0 Å². The smallest absolute Gasteiger partial charge is 0.291 e. The van der Waals surface area contributed by atoms with Gasteiger partial charge in [0.1, 0.15) is 6.26 Å². The van der Waals surface area contributed by atoms with Gasteiger partial charge in [0.25, 0.3) is 5.91 Å². The molecule has 0 radical (unpaired) electrons. The van der Waals surface area contributed by atoms with E-state index in [4.69, 9.17) is 4.42 Å². The number of hydrogen-bond acceptors (Lipinski definition) is 4. The molecule has 0 unspecified atom stereocenters. The third-order valence-electron chi connectivity index (χ3n) is 5.66. The van der Waals surface area contributed by atoms with Crippen LogP contribution in [0, 0.1) is 6.92 Å². The number of amides is 1. The number of aromatic nitrogens is 3. The van der Waals surface area contributed by atoms with Gasteiger partial charge in [0.05, 0.1) is 23.6 Å². The van der Waals surface area contributed by atoms with Gasteiger partial charge in [-0.25, -0.2) is 9.67 Å². The summed E-state index contributed by atoms with van der Waals surface area (Å²) in [5.74, 6) is 0.313. The van der Waals surface area contributed by atoms with Gasteiger partial charge in [-0.3, -0.25) is 4.79 Å². The molecule has 2 heterocycles. The van der Waals surface area contributed by atoms with Gasteiger partial charge < -0.3 is 9.73 Å². The average Bonchev–Trinajstić information content (AvgIpc) is 3.56. The van der Waals surface area contributed by atoms with Crippen molar-refractivity contribution >= 4 is 5.91 Å². The van der Waals surface area contributed by atoms with Crippen molar-refractivity contribution in [3.63, 3.8) is 0 Å². The largest absolute Gasteiger partial charge is 0.472 e. The summed E-state index contributed by atoms with van der Waals surface area (Å²) < 4.78 is 6.93. The molecule has 3 aromatic carbocycles. The SMILES string of the molecule is Cc1ccc(-n2nc(C(=O)N[C@@H](Cc3ccccc3)c3ccccc3)nc2-c2ccoc2)cc1. The van der Waals surface area contributed by atoms with Crippen LogP contribution in [0.1, 0.15) is 33.4 Å². The number of rotatable bonds is 7. The Morgan fingerprint density at radius 3 is 2.32 bits per heavy atom. The summed E-state index contributed by atoms with van der Waals surface area (Å²) in [6.07, 6.45) is 3.83.